The summed E-state index contributed by atoms with van der Waals surface area (Å²) in [7, 11) is -0.693. The summed E-state index contributed by atoms with van der Waals surface area (Å²) in [6, 6.07) is 16.3. The molecule has 0 radical (unpaired) electrons. The minimum Gasteiger partial charge on any atom is -0.404 e. The van der Waals surface area contributed by atoms with Crippen LogP contribution in [0.15, 0.2) is 77.7 Å². The average molecular weight is 771 g/mol. The van der Waals surface area contributed by atoms with Crippen molar-refractivity contribution in [1.29, 1.82) is 0 Å². The third-order valence-corrected chi connectivity index (χ3v) is 12.8. The normalized spacial score (nSPS) is 27.8. The third kappa shape index (κ3) is 6.51. The Morgan fingerprint density at radius 1 is 1.02 bits per heavy atom. The number of halogens is 3. The average Bonchev–Trinajstić information content (AvgIpc) is 3.67. The molecular formula is C41H46BF3N6O5. The molecule has 2 bridgehead atoms. The second-order valence-corrected chi connectivity index (χ2v) is 16.8. The number of aromatic nitrogens is 2. The van der Waals surface area contributed by atoms with E-state index in [4.69, 9.17) is 9.31 Å². The van der Waals surface area contributed by atoms with Gasteiger partial charge in [0.2, 0.25) is 5.91 Å². The van der Waals surface area contributed by atoms with Gasteiger partial charge in [0, 0.05) is 18.4 Å². The summed E-state index contributed by atoms with van der Waals surface area (Å²) < 4.78 is 54.7. The van der Waals surface area contributed by atoms with E-state index in [1.807, 2.05) is 43.3 Å². The Kier molecular flexibility index (Phi) is 9.26. The highest BCUT2D eigenvalue weighted by atomic mass is 19.4. The molecule has 3 aliphatic carbocycles. The number of carbonyl (C=O) groups is 2. The molecule has 4 N–H and O–H groups in total. The van der Waals surface area contributed by atoms with Crippen LogP contribution in [0.4, 0.5) is 29.3 Å². The minimum atomic E-state index is -4.53. The van der Waals surface area contributed by atoms with Crippen LogP contribution in [0.1, 0.15) is 83.3 Å². The van der Waals surface area contributed by atoms with Crippen LogP contribution in [0.5, 0.6) is 0 Å². The number of hydrogen-bond acceptors (Lipinski definition) is 7. The van der Waals surface area contributed by atoms with Gasteiger partial charge in [-0.2, -0.15) is 13.2 Å². The van der Waals surface area contributed by atoms with E-state index in [9.17, 15) is 27.6 Å². The van der Waals surface area contributed by atoms with Crippen molar-refractivity contribution in [2.75, 3.05) is 10.6 Å². The van der Waals surface area contributed by atoms with E-state index >= 15 is 0 Å². The van der Waals surface area contributed by atoms with Crippen LogP contribution >= 0.6 is 0 Å². The van der Waals surface area contributed by atoms with E-state index in [-0.39, 0.29) is 36.0 Å². The summed E-state index contributed by atoms with van der Waals surface area (Å²) in [5.74, 6) is 0.0363. The highest BCUT2D eigenvalue weighted by Crippen LogP contribution is 2.64. The Morgan fingerprint density at radius 2 is 1.77 bits per heavy atom. The quantitative estimate of drug-likeness (QED) is 0.133. The second kappa shape index (κ2) is 13.6. The molecule has 56 heavy (non-hydrogen) atoms. The van der Waals surface area contributed by atoms with Crippen molar-refractivity contribution in [3.05, 3.63) is 100 Å². The summed E-state index contributed by atoms with van der Waals surface area (Å²) in [6.07, 6.45) is -0.899. The van der Waals surface area contributed by atoms with E-state index in [1.165, 1.54) is 22.9 Å². The number of benzene rings is 3. The van der Waals surface area contributed by atoms with Crippen molar-refractivity contribution in [1.82, 2.24) is 20.2 Å². The number of rotatable bonds is 9. The number of urea groups is 1. The molecule has 3 saturated carbocycles. The largest absolute Gasteiger partial charge is 0.481 e. The topological polar surface area (TPSA) is 136 Å². The Labute approximate surface area is 323 Å². The highest BCUT2D eigenvalue weighted by Gasteiger charge is 2.67. The van der Waals surface area contributed by atoms with Crippen LogP contribution in [0.3, 0.4) is 0 Å². The van der Waals surface area contributed by atoms with Crippen LogP contribution in [-0.4, -0.2) is 46.3 Å². The lowest BCUT2D eigenvalue weighted by Gasteiger charge is -2.63. The first-order valence-electron chi connectivity index (χ1n) is 19.2. The number of amides is 3. The van der Waals surface area contributed by atoms with Gasteiger partial charge >= 0.3 is 19.3 Å². The maximum Gasteiger partial charge on any atom is 0.481 e. The second-order valence-electron chi connectivity index (χ2n) is 16.8. The molecule has 2 unspecified atom stereocenters. The molecular weight excluding hydrogens is 724 g/mol. The molecule has 0 spiro atoms. The van der Waals surface area contributed by atoms with E-state index in [0.717, 1.165) is 35.7 Å². The third-order valence-electron chi connectivity index (χ3n) is 12.8. The number of nitrogens with zero attached hydrogens (tertiary/aromatic N) is 2. The molecule has 15 heteroatoms. The lowest BCUT2D eigenvalue weighted by Crippen LogP contribution is -2.63. The van der Waals surface area contributed by atoms with Gasteiger partial charge in [0.15, 0.2) is 0 Å². The predicted octanol–water partition coefficient (Wildman–Crippen LogP) is 7.17. The van der Waals surface area contributed by atoms with Crippen LogP contribution in [0.2, 0.25) is 0 Å². The van der Waals surface area contributed by atoms with Crippen LogP contribution in [0.25, 0.3) is 10.8 Å². The Balaban J connectivity index is 1.07. The van der Waals surface area contributed by atoms with E-state index < -0.39 is 59.5 Å². The first kappa shape index (κ1) is 38.0. The van der Waals surface area contributed by atoms with Crippen molar-refractivity contribution in [2.45, 2.75) is 102 Å². The van der Waals surface area contributed by atoms with Gasteiger partial charge in [-0.15, -0.1) is 0 Å². The monoisotopic (exact) mass is 770 g/mol. The zero-order chi connectivity index (χ0) is 39.8. The molecule has 3 amide bonds. The number of nitrogens with one attached hydrogen (secondary N) is 4. The maximum absolute atomic E-state index is 14.4. The van der Waals surface area contributed by atoms with Gasteiger partial charge in [-0.05, 0) is 79.5 Å². The van der Waals surface area contributed by atoms with Gasteiger partial charge in [0.1, 0.15) is 17.6 Å². The summed E-state index contributed by atoms with van der Waals surface area (Å²) in [5, 5.41) is 13.7. The van der Waals surface area contributed by atoms with Gasteiger partial charge in [0.25, 0.3) is 5.56 Å². The molecule has 4 fully saturated rings. The predicted molar refractivity (Wildman–Crippen MR) is 207 cm³/mol. The first-order chi connectivity index (χ1) is 26.5. The zero-order valence-corrected chi connectivity index (χ0v) is 32.0. The summed E-state index contributed by atoms with van der Waals surface area (Å²) >= 11 is 0. The highest BCUT2D eigenvalue weighted by molar-refractivity contribution is 6.47. The fraction of sp³-hybridized carbons (Fsp3) is 0.463. The van der Waals surface area contributed by atoms with Gasteiger partial charge in [-0.1, -0.05) is 69.3 Å². The Morgan fingerprint density at radius 3 is 2.52 bits per heavy atom. The Hall–Kier alpha value is -4.89. The van der Waals surface area contributed by atoms with Crippen LogP contribution in [0, 0.1) is 17.3 Å². The van der Waals surface area contributed by atoms with Gasteiger partial charge in [0.05, 0.1) is 40.6 Å². The van der Waals surface area contributed by atoms with Gasteiger partial charge in [-0.25, -0.2) is 9.78 Å². The molecule has 1 saturated heterocycles. The first-order valence-corrected chi connectivity index (χ1v) is 19.2. The molecule has 5 aliphatic rings. The molecule has 9 rings (SSSR count). The lowest BCUT2D eigenvalue weighted by atomic mass is 9.45. The van der Waals surface area contributed by atoms with Gasteiger partial charge in [-0.3, -0.25) is 14.2 Å². The van der Waals surface area contributed by atoms with E-state index in [1.54, 1.807) is 13.0 Å². The standard InChI is InChI=1S/C41H46BF3N6O5/c1-6-32(42-55-33-28-18-26(38(28,2)3)19-40(33,5)56-42)49-34(52)31-20-39(4,50-37(54)48-29-16-10-13-24-12-7-8-15-27(24)29)36-47-22-30(35(53)51(31)36)46-21-23-11-9-14-25(17-23)41(43,44)45/h7-17,22,26,28,31-33,46H,6,18-21H2,1-5H3,(H,49,52)(H2,48,50,54)/t26?,28?,31-,32-,33+,39+,40-/m0/s1. The lowest BCUT2D eigenvalue weighted by molar-refractivity contribution is -0.185. The van der Waals surface area contributed by atoms with Gasteiger partial charge < -0.3 is 30.6 Å². The molecule has 4 aromatic rings. The summed E-state index contributed by atoms with van der Waals surface area (Å²) in [5.41, 5.74) is -2.15. The molecule has 11 nitrogen and oxygen atoms in total. The molecule has 1 aromatic heterocycles. The van der Waals surface area contributed by atoms with E-state index in [2.05, 4.69) is 47.0 Å². The zero-order valence-electron chi connectivity index (χ0n) is 32.0. The number of carbonyl (C=O) groups excluding carboxylic acids is 2. The molecule has 3 heterocycles. The molecule has 2 aliphatic heterocycles. The fourth-order valence-corrected chi connectivity index (χ4v) is 9.52. The number of anilines is 2. The summed E-state index contributed by atoms with van der Waals surface area (Å²) in [6.45, 7) is 10.2. The number of fused-ring (bicyclic) bond motifs is 2. The Bertz CT molecular complexity index is 2260. The smallest absolute Gasteiger partial charge is 0.404 e. The van der Waals surface area contributed by atoms with Crippen LogP contribution < -0.4 is 26.8 Å². The maximum atomic E-state index is 14.4. The fourth-order valence-electron chi connectivity index (χ4n) is 9.52. The summed E-state index contributed by atoms with van der Waals surface area (Å²) in [4.78, 5) is 47.0. The van der Waals surface area contributed by atoms with Crippen LogP contribution in [-0.2, 0) is 32.4 Å². The number of hydrogen-bond donors (Lipinski definition) is 4. The molecule has 7 atom stereocenters. The molecule has 3 aromatic carbocycles. The van der Waals surface area contributed by atoms with E-state index in [0.29, 0.717) is 29.5 Å². The van der Waals surface area contributed by atoms with Crippen molar-refractivity contribution < 1.29 is 32.1 Å². The van der Waals surface area contributed by atoms with Crippen molar-refractivity contribution in [3.8, 4) is 0 Å². The molecule has 294 valence electrons. The number of alkyl halides is 3. The SMILES string of the molecule is CC[C@H](NC(=O)[C@@H]1C[C@@](C)(NC(=O)Nc2cccc3ccccc23)c2ncc(NCc3cccc(C(F)(F)F)c3)c(=O)n21)B1O[C@@H]2C3CC(C[C@]2(C)O1)C3(C)C. The minimum absolute atomic E-state index is 0.0117. The van der Waals surface area contributed by atoms with Crippen molar-refractivity contribution in [2.24, 2.45) is 17.3 Å². The van der Waals surface area contributed by atoms with Crippen molar-refractivity contribution in [3.63, 3.8) is 0 Å². The van der Waals surface area contributed by atoms with Crippen molar-refractivity contribution >= 4 is 41.2 Å².